The van der Waals surface area contributed by atoms with Gasteiger partial charge in [0, 0.05) is 12.6 Å². The molecule has 0 aromatic heterocycles. The molecule has 0 aliphatic carbocycles. The number of carbonyl (C=O) groups is 1. The molecule has 2 rings (SSSR count). The van der Waals surface area contributed by atoms with Crippen LogP contribution in [-0.4, -0.2) is 41.9 Å². The number of carboxylic acid groups (broad SMARTS) is 1. The number of rotatable bonds is 8. The zero-order valence-corrected chi connectivity index (χ0v) is 12.7. The Labute approximate surface area is 125 Å². The summed E-state index contributed by atoms with van der Waals surface area (Å²) < 4.78 is 10.7. The summed E-state index contributed by atoms with van der Waals surface area (Å²) in [6, 6.07) is 6.40. The van der Waals surface area contributed by atoms with Crippen molar-refractivity contribution in [3.05, 3.63) is 23.8 Å². The van der Waals surface area contributed by atoms with E-state index in [0.717, 1.165) is 30.9 Å². The molecule has 0 bridgehead atoms. The van der Waals surface area contributed by atoms with Gasteiger partial charge in [0.1, 0.15) is 0 Å². The Bertz CT molecular complexity index is 489. The molecule has 1 aliphatic heterocycles. The normalized spacial score (nSPS) is 14.4. The number of aryl methyl sites for hydroxylation is 1. The fourth-order valence-corrected chi connectivity index (χ4v) is 2.58. The second kappa shape index (κ2) is 7.31. The van der Waals surface area contributed by atoms with Crippen molar-refractivity contribution >= 4 is 5.97 Å². The van der Waals surface area contributed by atoms with Crippen molar-refractivity contribution in [2.75, 3.05) is 19.9 Å². The molecule has 1 aromatic rings. The summed E-state index contributed by atoms with van der Waals surface area (Å²) in [5, 5.41) is 8.78. The number of hydrogen-bond acceptors (Lipinski definition) is 4. The maximum Gasteiger partial charge on any atom is 0.304 e. The topological polar surface area (TPSA) is 59.0 Å². The third-order valence-electron chi connectivity index (χ3n) is 3.93. The molecular weight excluding hydrogens is 270 g/mol. The Hall–Kier alpha value is -1.75. The first-order valence-electron chi connectivity index (χ1n) is 7.44. The highest BCUT2D eigenvalue weighted by molar-refractivity contribution is 5.66. The van der Waals surface area contributed by atoms with Gasteiger partial charge < -0.3 is 19.5 Å². The van der Waals surface area contributed by atoms with Gasteiger partial charge in [-0.2, -0.15) is 0 Å². The third kappa shape index (κ3) is 4.36. The molecule has 1 heterocycles. The summed E-state index contributed by atoms with van der Waals surface area (Å²) in [5.74, 6) is 0.887. The van der Waals surface area contributed by atoms with Crippen LogP contribution in [0, 0.1) is 0 Å². The SMILES string of the molecule is CCN(CCC(=O)O)C(C)CCc1ccc2c(c1)OCO2. The lowest BCUT2D eigenvalue weighted by atomic mass is 10.0. The third-order valence-corrected chi connectivity index (χ3v) is 3.93. The first-order chi connectivity index (χ1) is 10.1. The molecule has 0 amide bonds. The molecule has 1 unspecified atom stereocenters. The Morgan fingerprint density at radius 2 is 2.14 bits per heavy atom. The minimum atomic E-state index is -0.739. The van der Waals surface area contributed by atoms with Gasteiger partial charge in [0.2, 0.25) is 6.79 Å². The second-order valence-electron chi connectivity index (χ2n) is 5.35. The standard InChI is InChI=1S/C16H23NO4/c1-3-17(9-8-16(18)19)12(2)4-5-13-6-7-14-15(10-13)21-11-20-14/h6-7,10,12H,3-5,8-9,11H2,1-2H3,(H,18,19). The maximum atomic E-state index is 10.7. The van der Waals surface area contributed by atoms with Crippen molar-refractivity contribution in [2.45, 2.75) is 39.2 Å². The lowest BCUT2D eigenvalue weighted by Gasteiger charge is -2.27. The van der Waals surface area contributed by atoms with Crippen molar-refractivity contribution in [3.8, 4) is 11.5 Å². The minimum absolute atomic E-state index is 0.197. The summed E-state index contributed by atoms with van der Waals surface area (Å²) in [7, 11) is 0. The first kappa shape index (κ1) is 15.6. The van der Waals surface area contributed by atoms with Crippen molar-refractivity contribution in [3.63, 3.8) is 0 Å². The van der Waals surface area contributed by atoms with Gasteiger partial charge >= 0.3 is 5.97 Å². The van der Waals surface area contributed by atoms with Gasteiger partial charge in [0.15, 0.2) is 11.5 Å². The molecule has 21 heavy (non-hydrogen) atoms. The van der Waals surface area contributed by atoms with Crippen LogP contribution in [-0.2, 0) is 11.2 Å². The highest BCUT2D eigenvalue weighted by Gasteiger charge is 2.16. The Balaban J connectivity index is 1.84. The molecule has 1 aromatic carbocycles. The zero-order chi connectivity index (χ0) is 15.2. The van der Waals surface area contributed by atoms with Gasteiger partial charge in [-0.3, -0.25) is 4.79 Å². The Morgan fingerprint density at radius 1 is 1.38 bits per heavy atom. The van der Waals surface area contributed by atoms with Gasteiger partial charge in [-0.05, 0) is 44.0 Å². The number of ether oxygens (including phenoxy) is 2. The highest BCUT2D eigenvalue weighted by Crippen LogP contribution is 2.32. The average Bonchev–Trinajstić information content (AvgIpc) is 2.92. The van der Waals surface area contributed by atoms with E-state index in [-0.39, 0.29) is 6.42 Å². The van der Waals surface area contributed by atoms with E-state index in [9.17, 15) is 4.79 Å². The first-order valence-corrected chi connectivity index (χ1v) is 7.44. The number of carboxylic acids is 1. The lowest BCUT2D eigenvalue weighted by molar-refractivity contribution is -0.137. The number of aliphatic carboxylic acids is 1. The van der Waals surface area contributed by atoms with E-state index in [2.05, 4.69) is 24.8 Å². The van der Waals surface area contributed by atoms with Crippen LogP contribution in [0.5, 0.6) is 11.5 Å². The van der Waals surface area contributed by atoms with Crippen molar-refractivity contribution in [1.82, 2.24) is 4.90 Å². The average molecular weight is 293 g/mol. The van der Waals surface area contributed by atoms with Crippen molar-refractivity contribution < 1.29 is 19.4 Å². The molecule has 0 spiro atoms. The van der Waals surface area contributed by atoms with Gasteiger partial charge in [0.25, 0.3) is 0 Å². The molecule has 0 saturated heterocycles. The van der Waals surface area contributed by atoms with E-state index in [1.54, 1.807) is 0 Å². The lowest BCUT2D eigenvalue weighted by Crippen LogP contribution is -2.35. The van der Waals surface area contributed by atoms with Crippen LogP contribution in [0.4, 0.5) is 0 Å². The summed E-state index contributed by atoms with van der Waals surface area (Å²) in [5.41, 5.74) is 1.22. The molecule has 5 nitrogen and oxygen atoms in total. The van der Waals surface area contributed by atoms with E-state index in [1.807, 2.05) is 12.1 Å². The van der Waals surface area contributed by atoms with Gasteiger partial charge in [-0.25, -0.2) is 0 Å². The van der Waals surface area contributed by atoms with E-state index in [1.165, 1.54) is 5.56 Å². The van der Waals surface area contributed by atoms with Gasteiger partial charge in [-0.15, -0.1) is 0 Å². The van der Waals surface area contributed by atoms with Crippen LogP contribution in [0.3, 0.4) is 0 Å². The van der Waals surface area contributed by atoms with Crippen LogP contribution in [0.15, 0.2) is 18.2 Å². The predicted octanol–water partition coefficient (Wildman–Crippen LogP) is 2.53. The summed E-state index contributed by atoms with van der Waals surface area (Å²) in [6.07, 6.45) is 2.14. The monoisotopic (exact) mass is 293 g/mol. The van der Waals surface area contributed by atoms with Crippen LogP contribution in [0.25, 0.3) is 0 Å². The summed E-state index contributed by atoms with van der Waals surface area (Å²) in [6.45, 7) is 6.00. The molecule has 1 N–H and O–H groups in total. The van der Waals surface area contributed by atoms with Gasteiger partial charge in [-0.1, -0.05) is 13.0 Å². The fourth-order valence-electron chi connectivity index (χ4n) is 2.58. The molecule has 5 heteroatoms. The molecule has 1 aliphatic rings. The molecule has 0 radical (unpaired) electrons. The van der Waals surface area contributed by atoms with Crippen molar-refractivity contribution in [2.24, 2.45) is 0 Å². The van der Waals surface area contributed by atoms with E-state index < -0.39 is 5.97 Å². The summed E-state index contributed by atoms with van der Waals surface area (Å²) >= 11 is 0. The van der Waals surface area contributed by atoms with E-state index in [4.69, 9.17) is 14.6 Å². The predicted molar refractivity (Wildman–Crippen MR) is 79.8 cm³/mol. The van der Waals surface area contributed by atoms with Crippen LogP contribution < -0.4 is 9.47 Å². The summed E-state index contributed by atoms with van der Waals surface area (Å²) in [4.78, 5) is 12.9. The van der Waals surface area contributed by atoms with Crippen molar-refractivity contribution in [1.29, 1.82) is 0 Å². The van der Waals surface area contributed by atoms with Crippen LogP contribution in [0.1, 0.15) is 32.3 Å². The smallest absolute Gasteiger partial charge is 0.304 e. The second-order valence-corrected chi connectivity index (χ2v) is 5.35. The molecule has 116 valence electrons. The Morgan fingerprint density at radius 3 is 2.86 bits per heavy atom. The zero-order valence-electron chi connectivity index (χ0n) is 12.7. The molecular formula is C16H23NO4. The maximum absolute atomic E-state index is 10.7. The number of hydrogen-bond donors (Lipinski definition) is 1. The van der Waals surface area contributed by atoms with E-state index in [0.29, 0.717) is 19.4 Å². The number of fused-ring (bicyclic) bond motifs is 1. The number of benzene rings is 1. The number of nitrogens with zero attached hydrogens (tertiary/aromatic N) is 1. The Kier molecular flexibility index (Phi) is 5.44. The molecule has 0 saturated carbocycles. The molecule has 0 fully saturated rings. The van der Waals surface area contributed by atoms with Crippen LogP contribution in [0.2, 0.25) is 0 Å². The van der Waals surface area contributed by atoms with Gasteiger partial charge in [0.05, 0.1) is 6.42 Å². The quantitative estimate of drug-likeness (QED) is 0.798. The van der Waals surface area contributed by atoms with Crippen LogP contribution >= 0.6 is 0 Å². The molecule has 1 atom stereocenters. The fraction of sp³-hybridized carbons (Fsp3) is 0.562. The minimum Gasteiger partial charge on any atom is -0.481 e. The largest absolute Gasteiger partial charge is 0.481 e. The highest BCUT2D eigenvalue weighted by atomic mass is 16.7. The van der Waals surface area contributed by atoms with E-state index >= 15 is 0 Å².